The molecule has 0 aliphatic heterocycles. The van der Waals surface area contributed by atoms with Gasteiger partial charge in [-0.3, -0.25) is 18.7 Å². The minimum atomic E-state index is -0.466. The van der Waals surface area contributed by atoms with Crippen LogP contribution in [-0.2, 0) is 11.3 Å². The van der Waals surface area contributed by atoms with Crippen LogP contribution in [0.4, 0.5) is 5.69 Å². The molecular weight excluding hydrogens is 330 g/mol. The standard InChI is InChI=1S/C20H21N3O3/c1-3-14(2)23-19(25)16-11-7-8-12-17(16)22(20(23)26)13-18(24)21-15-9-5-4-6-10-15/h4-12,14H,3,13H2,1-2H3,(H,21,24)/t14-/m1/s1. The molecule has 0 spiro atoms. The molecule has 3 rings (SSSR count). The zero-order chi connectivity index (χ0) is 18.7. The lowest BCUT2D eigenvalue weighted by Gasteiger charge is -2.17. The average Bonchev–Trinajstić information content (AvgIpc) is 2.66. The first kappa shape index (κ1) is 17.7. The summed E-state index contributed by atoms with van der Waals surface area (Å²) in [6, 6.07) is 15.7. The van der Waals surface area contributed by atoms with Crippen LogP contribution in [-0.4, -0.2) is 15.0 Å². The van der Waals surface area contributed by atoms with E-state index in [1.54, 1.807) is 36.4 Å². The molecule has 0 saturated heterocycles. The summed E-state index contributed by atoms with van der Waals surface area (Å²) in [5.74, 6) is -0.321. The van der Waals surface area contributed by atoms with E-state index in [9.17, 15) is 14.4 Å². The van der Waals surface area contributed by atoms with Gasteiger partial charge in [0.15, 0.2) is 0 Å². The molecule has 1 heterocycles. The zero-order valence-electron chi connectivity index (χ0n) is 14.8. The molecule has 134 valence electrons. The van der Waals surface area contributed by atoms with Crippen molar-refractivity contribution in [2.45, 2.75) is 32.9 Å². The van der Waals surface area contributed by atoms with Crippen molar-refractivity contribution in [2.75, 3.05) is 5.32 Å². The predicted molar refractivity (Wildman–Crippen MR) is 103 cm³/mol. The number of nitrogens with zero attached hydrogens (tertiary/aromatic N) is 2. The maximum absolute atomic E-state index is 12.9. The molecule has 1 amide bonds. The number of hydrogen-bond acceptors (Lipinski definition) is 3. The van der Waals surface area contributed by atoms with Crippen LogP contribution < -0.4 is 16.6 Å². The van der Waals surface area contributed by atoms with Crippen molar-refractivity contribution in [3.8, 4) is 0 Å². The van der Waals surface area contributed by atoms with E-state index in [2.05, 4.69) is 5.32 Å². The molecule has 0 bridgehead atoms. The van der Waals surface area contributed by atoms with Gasteiger partial charge in [-0.25, -0.2) is 4.79 Å². The second kappa shape index (κ2) is 7.39. The van der Waals surface area contributed by atoms with Gasteiger partial charge in [0.25, 0.3) is 5.56 Å². The van der Waals surface area contributed by atoms with E-state index in [-0.39, 0.29) is 24.1 Å². The smallest absolute Gasteiger partial charge is 0.325 e. The van der Waals surface area contributed by atoms with Gasteiger partial charge in [-0.2, -0.15) is 0 Å². The minimum absolute atomic E-state index is 0.162. The third-order valence-corrected chi connectivity index (χ3v) is 4.47. The maximum atomic E-state index is 12.9. The van der Waals surface area contributed by atoms with Gasteiger partial charge in [0.05, 0.1) is 10.9 Å². The first-order chi connectivity index (χ1) is 12.5. The Kier molecular flexibility index (Phi) is 5.02. The zero-order valence-corrected chi connectivity index (χ0v) is 14.8. The lowest BCUT2D eigenvalue weighted by molar-refractivity contribution is -0.116. The van der Waals surface area contributed by atoms with E-state index < -0.39 is 5.69 Å². The van der Waals surface area contributed by atoms with Gasteiger partial charge in [0.1, 0.15) is 6.54 Å². The number of nitrogens with one attached hydrogen (secondary N) is 1. The Bertz CT molecular complexity index is 1050. The summed E-state index contributed by atoms with van der Waals surface area (Å²) in [6.45, 7) is 3.58. The predicted octanol–water partition coefficient (Wildman–Crippen LogP) is 2.77. The maximum Gasteiger partial charge on any atom is 0.332 e. The summed E-state index contributed by atoms with van der Waals surface area (Å²) in [4.78, 5) is 38.1. The van der Waals surface area contributed by atoms with Crippen LogP contribution in [0.3, 0.4) is 0 Å². The number of carbonyl (C=O) groups excluding carboxylic acids is 1. The highest BCUT2D eigenvalue weighted by Gasteiger charge is 2.17. The molecule has 6 heteroatoms. The molecule has 0 aliphatic carbocycles. The number of fused-ring (bicyclic) bond motifs is 1. The first-order valence-corrected chi connectivity index (χ1v) is 8.62. The van der Waals surface area contributed by atoms with Crippen molar-refractivity contribution >= 4 is 22.5 Å². The summed E-state index contributed by atoms with van der Waals surface area (Å²) in [7, 11) is 0. The highest BCUT2D eigenvalue weighted by atomic mass is 16.2. The van der Waals surface area contributed by atoms with E-state index in [1.807, 2.05) is 32.0 Å². The Morgan fingerprint density at radius 3 is 2.38 bits per heavy atom. The number of hydrogen-bond donors (Lipinski definition) is 1. The Morgan fingerprint density at radius 1 is 1.04 bits per heavy atom. The number of para-hydroxylation sites is 2. The van der Waals surface area contributed by atoms with Gasteiger partial charge in [-0.1, -0.05) is 37.3 Å². The van der Waals surface area contributed by atoms with E-state index >= 15 is 0 Å². The van der Waals surface area contributed by atoms with E-state index in [0.717, 1.165) is 0 Å². The first-order valence-electron chi connectivity index (χ1n) is 8.62. The highest BCUT2D eigenvalue weighted by Crippen LogP contribution is 2.12. The number of aromatic nitrogens is 2. The Morgan fingerprint density at radius 2 is 1.69 bits per heavy atom. The van der Waals surface area contributed by atoms with Crippen LogP contribution >= 0.6 is 0 Å². The van der Waals surface area contributed by atoms with Gasteiger partial charge in [-0.05, 0) is 37.6 Å². The van der Waals surface area contributed by atoms with Crippen LogP contribution in [0.1, 0.15) is 26.3 Å². The Labute approximate surface area is 150 Å². The normalized spacial score (nSPS) is 12.1. The lowest BCUT2D eigenvalue weighted by atomic mass is 10.2. The SMILES string of the molecule is CC[C@@H](C)n1c(=O)c2ccccc2n(CC(=O)Nc2ccccc2)c1=O. The molecule has 0 unspecified atom stereocenters. The summed E-state index contributed by atoms with van der Waals surface area (Å²) in [6.07, 6.45) is 0.643. The minimum Gasteiger partial charge on any atom is -0.325 e. The molecule has 0 radical (unpaired) electrons. The van der Waals surface area contributed by atoms with Crippen molar-refractivity contribution in [3.63, 3.8) is 0 Å². The van der Waals surface area contributed by atoms with Crippen molar-refractivity contribution < 1.29 is 4.79 Å². The largest absolute Gasteiger partial charge is 0.332 e. The van der Waals surface area contributed by atoms with Crippen molar-refractivity contribution in [3.05, 3.63) is 75.4 Å². The van der Waals surface area contributed by atoms with Crippen LogP contribution in [0, 0.1) is 0 Å². The molecular formula is C20H21N3O3. The topological polar surface area (TPSA) is 73.1 Å². The van der Waals surface area contributed by atoms with Gasteiger partial charge in [0.2, 0.25) is 5.91 Å². The molecule has 1 N–H and O–H groups in total. The van der Waals surface area contributed by atoms with Crippen LogP contribution in [0.5, 0.6) is 0 Å². The van der Waals surface area contributed by atoms with E-state index in [1.165, 1.54) is 9.13 Å². The molecule has 26 heavy (non-hydrogen) atoms. The monoisotopic (exact) mass is 351 g/mol. The lowest BCUT2D eigenvalue weighted by Crippen LogP contribution is -2.43. The van der Waals surface area contributed by atoms with E-state index in [0.29, 0.717) is 23.0 Å². The van der Waals surface area contributed by atoms with Crippen LogP contribution in [0.2, 0.25) is 0 Å². The summed E-state index contributed by atoms with van der Waals surface area (Å²) >= 11 is 0. The number of amides is 1. The molecule has 2 aromatic carbocycles. The molecule has 3 aromatic rings. The molecule has 0 fully saturated rings. The van der Waals surface area contributed by atoms with Crippen LogP contribution in [0.25, 0.3) is 10.9 Å². The summed E-state index contributed by atoms with van der Waals surface area (Å²) in [5.41, 5.74) is 0.335. The number of anilines is 1. The highest BCUT2D eigenvalue weighted by molar-refractivity contribution is 5.91. The van der Waals surface area contributed by atoms with Gasteiger partial charge in [-0.15, -0.1) is 0 Å². The Hall–Kier alpha value is -3.15. The van der Waals surface area contributed by atoms with Crippen LogP contribution in [0.15, 0.2) is 64.2 Å². The molecule has 6 nitrogen and oxygen atoms in total. The average molecular weight is 351 g/mol. The van der Waals surface area contributed by atoms with Gasteiger partial charge < -0.3 is 5.32 Å². The van der Waals surface area contributed by atoms with Gasteiger partial charge >= 0.3 is 5.69 Å². The molecule has 1 aromatic heterocycles. The second-order valence-corrected chi connectivity index (χ2v) is 6.23. The third-order valence-electron chi connectivity index (χ3n) is 4.47. The van der Waals surface area contributed by atoms with Crippen molar-refractivity contribution in [2.24, 2.45) is 0 Å². The summed E-state index contributed by atoms with van der Waals surface area (Å²) < 4.78 is 2.60. The van der Waals surface area contributed by atoms with Crippen molar-refractivity contribution in [1.29, 1.82) is 0 Å². The van der Waals surface area contributed by atoms with E-state index in [4.69, 9.17) is 0 Å². The molecule has 0 saturated carbocycles. The number of rotatable bonds is 5. The molecule has 0 aliphatic rings. The fraction of sp³-hybridized carbons (Fsp3) is 0.250. The molecule has 1 atom stereocenters. The van der Waals surface area contributed by atoms with Gasteiger partial charge in [0, 0.05) is 11.7 Å². The third kappa shape index (κ3) is 3.31. The van der Waals surface area contributed by atoms with Crippen molar-refractivity contribution in [1.82, 2.24) is 9.13 Å². The number of benzene rings is 2. The quantitative estimate of drug-likeness (QED) is 0.768. The second-order valence-electron chi connectivity index (χ2n) is 6.23. The summed E-state index contributed by atoms with van der Waals surface area (Å²) in [5, 5.41) is 3.20. The fourth-order valence-electron chi connectivity index (χ4n) is 2.93. The Balaban J connectivity index is 2.08. The number of carbonyl (C=O) groups is 1. The fourth-order valence-corrected chi connectivity index (χ4v) is 2.93.